The molecular formula is C20H24N4O3. The van der Waals surface area contributed by atoms with Crippen molar-refractivity contribution in [3.8, 4) is 5.75 Å². The number of aromatic nitrogens is 2. The highest BCUT2D eigenvalue weighted by Gasteiger charge is 2.43. The van der Waals surface area contributed by atoms with Crippen molar-refractivity contribution in [1.29, 1.82) is 0 Å². The number of rotatable bonds is 4. The Kier molecular flexibility index (Phi) is 4.83. The quantitative estimate of drug-likeness (QED) is 0.824. The Balaban J connectivity index is 1.56. The zero-order valence-corrected chi connectivity index (χ0v) is 15.5. The van der Waals surface area contributed by atoms with E-state index in [2.05, 4.69) is 5.10 Å². The molecule has 1 aromatic heterocycles. The first-order valence-corrected chi connectivity index (χ1v) is 9.43. The van der Waals surface area contributed by atoms with Crippen molar-refractivity contribution in [2.75, 3.05) is 19.6 Å². The van der Waals surface area contributed by atoms with Gasteiger partial charge in [-0.15, -0.1) is 0 Å². The molecule has 0 unspecified atom stereocenters. The topological polar surface area (TPSA) is 67.7 Å². The van der Waals surface area contributed by atoms with Crippen LogP contribution in [0.1, 0.15) is 29.8 Å². The fourth-order valence-corrected chi connectivity index (χ4v) is 3.91. The molecular weight excluding hydrogens is 344 g/mol. The van der Waals surface area contributed by atoms with Crippen molar-refractivity contribution in [2.24, 2.45) is 7.05 Å². The molecule has 2 fully saturated rings. The van der Waals surface area contributed by atoms with Crippen LogP contribution in [-0.4, -0.2) is 63.2 Å². The fraction of sp³-hybridized carbons (Fsp3) is 0.450. The lowest BCUT2D eigenvalue weighted by Crippen LogP contribution is -2.47. The minimum Gasteiger partial charge on any atom is -0.488 e. The van der Waals surface area contributed by atoms with Crippen LogP contribution in [0.3, 0.4) is 0 Å². The molecule has 0 radical (unpaired) electrons. The van der Waals surface area contributed by atoms with Crippen LogP contribution in [-0.2, 0) is 11.8 Å². The lowest BCUT2D eigenvalue weighted by Gasteiger charge is -2.27. The van der Waals surface area contributed by atoms with Crippen LogP contribution in [0.15, 0.2) is 42.6 Å². The first-order chi connectivity index (χ1) is 13.1. The number of carbonyl (C=O) groups excluding carboxylic acids is 2. The molecule has 3 heterocycles. The van der Waals surface area contributed by atoms with Crippen LogP contribution in [0.25, 0.3) is 0 Å². The molecule has 7 heteroatoms. The molecule has 2 aromatic rings. The molecule has 27 heavy (non-hydrogen) atoms. The summed E-state index contributed by atoms with van der Waals surface area (Å²) in [6.07, 6.45) is 3.95. The third kappa shape index (κ3) is 3.54. The maximum atomic E-state index is 13.1. The number of ether oxygens (including phenoxy) is 1. The second-order valence-electron chi connectivity index (χ2n) is 7.13. The Morgan fingerprint density at radius 2 is 1.85 bits per heavy atom. The molecule has 0 saturated carbocycles. The van der Waals surface area contributed by atoms with Gasteiger partial charge in [-0.3, -0.25) is 14.3 Å². The summed E-state index contributed by atoms with van der Waals surface area (Å²) in [5.74, 6) is 0.610. The lowest BCUT2D eigenvalue weighted by atomic mass is 10.1. The second kappa shape index (κ2) is 7.42. The van der Waals surface area contributed by atoms with E-state index < -0.39 is 6.04 Å². The van der Waals surface area contributed by atoms with Gasteiger partial charge >= 0.3 is 0 Å². The van der Waals surface area contributed by atoms with Gasteiger partial charge < -0.3 is 14.5 Å². The number of para-hydroxylation sites is 1. The number of hydrogen-bond acceptors (Lipinski definition) is 4. The summed E-state index contributed by atoms with van der Waals surface area (Å²) in [4.78, 5) is 29.7. The van der Waals surface area contributed by atoms with E-state index in [9.17, 15) is 9.59 Å². The van der Waals surface area contributed by atoms with Crippen molar-refractivity contribution in [3.05, 3.63) is 48.3 Å². The minimum atomic E-state index is -0.487. The van der Waals surface area contributed by atoms with Gasteiger partial charge in [0, 0.05) is 32.8 Å². The summed E-state index contributed by atoms with van der Waals surface area (Å²) in [6.45, 7) is 1.93. The van der Waals surface area contributed by atoms with Crippen molar-refractivity contribution < 1.29 is 14.3 Å². The fourth-order valence-electron chi connectivity index (χ4n) is 3.91. The summed E-state index contributed by atoms with van der Waals surface area (Å²) >= 11 is 0. The summed E-state index contributed by atoms with van der Waals surface area (Å²) < 4.78 is 7.61. The number of carbonyl (C=O) groups is 2. The van der Waals surface area contributed by atoms with Crippen LogP contribution < -0.4 is 4.74 Å². The Morgan fingerprint density at radius 1 is 1.11 bits per heavy atom. The molecule has 0 N–H and O–H groups in total. The molecule has 2 aliphatic rings. The summed E-state index contributed by atoms with van der Waals surface area (Å²) in [6, 6.07) is 10.7. The van der Waals surface area contributed by atoms with Crippen molar-refractivity contribution >= 4 is 11.8 Å². The predicted octanol–water partition coefficient (Wildman–Crippen LogP) is 1.70. The smallest absolute Gasteiger partial charge is 0.272 e. The van der Waals surface area contributed by atoms with Crippen LogP contribution in [0.5, 0.6) is 5.75 Å². The van der Waals surface area contributed by atoms with Gasteiger partial charge in [-0.05, 0) is 31.0 Å². The zero-order valence-electron chi connectivity index (χ0n) is 15.5. The van der Waals surface area contributed by atoms with E-state index in [4.69, 9.17) is 4.74 Å². The van der Waals surface area contributed by atoms with E-state index in [1.54, 1.807) is 28.9 Å². The van der Waals surface area contributed by atoms with Crippen molar-refractivity contribution in [2.45, 2.75) is 31.4 Å². The van der Waals surface area contributed by atoms with Crippen molar-refractivity contribution in [3.63, 3.8) is 0 Å². The molecule has 0 bridgehead atoms. The van der Waals surface area contributed by atoms with E-state index in [-0.39, 0.29) is 17.9 Å². The normalized spacial score (nSPS) is 22.3. The van der Waals surface area contributed by atoms with Crippen molar-refractivity contribution in [1.82, 2.24) is 19.6 Å². The molecule has 2 atom stereocenters. The van der Waals surface area contributed by atoms with Gasteiger partial charge in [0.05, 0.1) is 6.54 Å². The molecule has 2 aliphatic heterocycles. The van der Waals surface area contributed by atoms with Gasteiger partial charge in [-0.1, -0.05) is 18.2 Å². The highest BCUT2D eigenvalue weighted by Crippen LogP contribution is 2.27. The van der Waals surface area contributed by atoms with Gasteiger partial charge in [-0.2, -0.15) is 5.10 Å². The summed E-state index contributed by atoms with van der Waals surface area (Å²) in [5.41, 5.74) is 0.481. The monoisotopic (exact) mass is 368 g/mol. The Bertz CT molecular complexity index is 814. The highest BCUT2D eigenvalue weighted by atomic mass is 16.5. The number of nitrogens with zero attached hydrogens (tertiary/aromatic N) is 4. The van der Waals surface area contributed by atoms with E-state index in [0.717, 1.165) is 31.7 Å². The number of benzene rings is 1. The molecule has 142 valence electrons. The van der Waals surface area contributed by atoms with Crippen LogP contribution in [0, 0.1) is 0 Å². The van der Waals surface area contributed by atoms with E-state index in [0.29, 0.717) is 18.7 Å². The molecule has 7 nitrogen and oxygen atoms in total. The average Bonchev–Trinajstić information content (AvgIpc) is 3.42. The number of hydrogen-bond donors (Lipinski definition) is 0. The lowest BCUT2D eigenvalue weighted by molar-refractivity contribution is -0.134. The average molecular weight is 368 g/mol. The Labute approximate surface area is 158 Å². The van der Waals surface area contributed by atoms with Gasteiger partial charge in [-0.25, -0.2) is 0 Å². The third-order valence-corrected chi connectivity index (χ3v) is 5.31. The zero-order chi connectivity index (χ0) is 18.8. The maximum absolute atomic E-state index is 13.1. The summed E-state index contributed by atoms with van der Waals surface area (Å²) in [5, 5.41) is 4.09. The first-order valence-electron chi connectivity index (χ1n) is 9.43. The summed E-state index contributed by atoms with van der Waals surface area (Å²) in [7, 11) is 1.73. The molecule has 0 aliphatic carbocycles. The molecule has 2 saturated heterocycles. The number of likely N-dealkylation sites (tertiary alicyclic amines) is 2. The second-order valence-corrected chi connectivity index (χ2v) is 7.13. The SMILES string of the molecule is Cn1nccc1C(=O)N1C[C@@H](Oc2ccccc2)C[C@H]1C(=O)N1CCCC1. The standard InChI is InChI=1S/C20H24N4O3/c1-22-17(9-10-21-22)20(26)24-14-16(27-15-7-3-2-4-8-15)13-18(24)19(25)23-11-5-6-12-23/h2-4,7-10,16,18H,5-6,11-14H2,1H3/t16-,18-/m0/s1. The largest absolute Gasteiger partial charge is 0.488 e. The van der Waals surface area contributed by atoms with E-state index in [1.165, 1.54) is 0 Å². The molecule has 1 aromatic carbocycles. The van der Waals surface area contributed by atoms with Crippen LogP contribution >= 0.6 is 0 Å². The molecule has 4 rings (SSSR count). The number of aryl methyl sites for hydroxylation is 1. The Morgan fingerprint density at radius 3 is 2.52 bits per heavy atom. The first kappa shape index (κ1) is 17.6. The number of amides is 2. The maximum Gasteiger partial charge on any atom is 0.272 e. The molecule has 2 amide bonds. The molecule has 0 spiro atoms. The minimum absolute atomic E-state index is 0.0298. The Hall–Kier alpha value is -2.83. The van der Waals surface area contributed by atoms with Gasteiger partial charge in [0.2, 0.25) is 5.91 Å². The van der Waals surface area contributed by atoms with Crippen LogP contribution in [0.2, 0.25) is 0 Å². The van der Waals surface area contributed by atoms with Gasteiger partial charge in [0.15, 0.2) is 0 Å². The van der Waals surface area contributed by atoms with E-state index in [1.807, 2.05) is 35.2 Å². The highest BCUT2D eigenvalue weighted by molar-refractivity contribution is 5.96. The van der Waals surface area contributed by atoms with E-state index >= 15 is 0 Å². The van der Waals surface area contributed by atoms with Crippen LogP contribution in [0.4, 0.5) is 0 Å². The predicted molar refractivity (Wildman–Crippen MR) is 99.3 cm³/mol. The third-order valence-electron chi connectivity index (χ3n) is 5.31. The van der Waals surface area contributed by atoms with Gasteiger partial charge in [0.25, 0.3) is 5.91 Å². The van der Waals surface area contributed by atoms with Gasteiger partial charge in [0.1, 0.15) is 23.6 Å².